The summed E-state index contributed by atoms with van der Waals surface area (Å²) in [7, 11) is 0. The molecule has 4 heteroatoms. The second kappa shape index (κ2) is 4.64. The molecule has 0 saturated carbocycles. The third-order valence-corrected chi connectivity index (χ3v) is 2.98. The summed E-state index contributed by atoms with van der Waals surface area (Å²) in [6.45, 7) is 6.40. The second-order valence-electron chi connectivity index (χ2n) is 4.66. The normalized spacial score (nSPS) is 26.0. The fourth-order valence-electron chi connectivity index (χ4n) is 2.09. The van der Waals surface area contributed by atoms with Gasteiger partial charge in [-0.3, -0.25) is 9.59 Å². The first-order valence-electron chi connectivity index (χ1n) is 5.45. The fourth-order valence-corrected chi connectivity index (χ4v) is 2.09. The Morgan fingerprint density at radius 2 is 2.07 bits per heavy atom. The first-order valence-corrected chi connectivity index (χ1v) is 5.45. The maximum absolute atomic E-state index is 11.8. The number of carbonyl (C=O) groups excluding carboxylic acids is 1. The van der Waals surface area contributed by atoms with E-state index in [-0.39, 0.29) is 17.9 Å². The summed E-state index contributed by atoms with van der Waals surface area (Å²) in [5, 5.41) is 8.93. The van der Waals surface area contributed by atoms with Crippen molar-refractivity contribution in [2.45, 2.75) is 39.7 Å². The summed E-state index contributed by atoms with van der Waals surface area (Å²) < 4.78 is 0. The summed E-state index contributed by atoms with van der Waals surface area (Å²) >= 11 is 0. The van der Waals surface area contributed by atoms with E-state index in [1.165, 1.54) is 0 Å². The van der Waals surface area contributed by atoms with E-state index >= 15 is 0 Å². The number of likely N-dealkylation sites (tertiary alicyclic amines) is 1. The fraction of sp³-hybridized carbons (Fsp3) is 0.818. The van der Waals surface area contributed by atoms with Crippen molar-refractivity contribution in [1.29, 1.82) is 0 Å². The second-order valence-corrected chi connectivity index (χ2v) is 4.66. The molecule has 1 aliphatic rings. The lowest BCUT2D eigenvalue weighted by Gasteiger charge is -2.24. The number of carbonyl (C=O) groups is 2. The lowest BCUT2D eigenvalue weighted by molar-refractivity contribution is -0.143. The highest BCUT2D eigenvalue weighted by Crippen LogP contribution is 2.25. The third kappa shape index (κ3) is 2.70. The van der Waals surface area contributed by atoms with Crippen LogP contribution in [0.3, 0.4) is 0 Å². The molecule has 86 valence electrons. The molecule has 0 aromatic heterocycles. The zero-order chi connectivity index (χ0) is 11.6. The molecule has 1 rings (SSSR count). The summed E-state index contributed by atoms with van der Waals surface area (Å²) in [5.41, 5.74) is 0. The molecule has 1 aliphatic heterocycles. The molecular weight excluding hydrogens is 194 g/mol. The van der Waals surface area contributed by atoms with E-state index in [0.29, 0.717) is 25.3 Å². The summed E-state index contributed by atoms with van der Waals surface area (Å²) in [5.74, 6) is -0.765. The molecule has 0 spiro atoms. The molecule has 2 atom stereocenters. The zero-order valence-electron chi connectivity index (χ0n) is 9.56. The maximum Gasteiger partial charge on any atom is 0.308 e. The van der Waals surface area contributed by atoms with Crippen LogP contribution in [0, 0.1) is 11.8 Å². The molecule has 0 aromatic rings. The Balaban J connectivity index is 2.59. The van der Waals surface area contributed by atoms with Gasteiger partial charge in [0.25, 0.3) is 0 Å². The highest BCUT2D eigenvalue weighted by Gasteiger charge is 2.37. The van der Waals surface area contributed by atoms with E-state index in [2.05, 4.69) is 0 Å². The third-order valence-electron chi connectivity index (χ3n) is 2.98. The smallest absolute Gasteiger partial charge is 0.308 e. The first-order chi connectivity index (χ1) is 6.93. The van der Waals surface area contributed by atoms with Gasteiger partial charge in [-0.2, -0.15) is 0 Å². The van der Waals surface area contributed by atoms with Gasteiger partial charge in [-0.05, 0) is 19.3 Å². The van der Waals surface area contributed by atoms with Crippen LogP contribution in [0.4, 0.5) is 0 Å². The van der Waals surface area contributed by atoms with Gasteiger partial charge in [-0.1, -0.05) is 13.8 Å². The standard InChI is InChI=1S/C11H19NO3/c1-7(2)6-10(13)12-5-4-9(8(12)3)11(14)15/h7-9H,4-6H2,1-3H3,(H,14,15). The molecule has 0 bridgehead atoms. The zero-order valence-corrected chi connectivity index (χ0v) is 9.56. The summed E-state index contributed by atoms with van der Waals surface area (Å²) in [4.78, 5) is 24.3. The Bertz CT molecular complexity index is 263. The quantitative estimate of drug-likeness (QED) is 0.770. The van der Waals surface area contributed by atoms with Crippen molar-refractivity contribution < 1.29 is 14.7 Å². The number of hydrogen-bond acceptors (Lipinski definition) is 2. The van der Waals surface area contributed by atoms with Crippen molar-refractivity contribution in [3.8, 4) is 0 Å². The molecule has 4 nitrogen and oxygen atoms in total. The van der Waals surface area contributed by atoms with Gasteiger partial charge in [0.15, 0.2) is 0 Å². The minimum atomic E-state index is -0.789. The van der Waals surface area contributed by atoms with Crippen LogP contribution in [0.1, 0.15) is 33.6 Å². The van der Waals surface area contributed by atoms with Crippen LogP contribution in [-0.4, -0.2) is 34.5 Å². The highest BCUT2D eigenvalue weighted by molar-refractivity contribution is 5.79. The van der Waals surface area contributed by atoms with Crippen molar-refractivity contribution in [3.05, 3.63) is 0 Å². The predicted molar refractivity (Wildman–Crippen MR) is 56.4 cm³/mol. The number of hydrogen-bond donors (Lipinski definition) is 1. The maximum atomic E-state index is 11.8. The van der Waals surface area contributed by atoms with Crippen molar-refractivity contribution in [2.75, 3.05) is 6.54 Å². The van der Waals surface area contributed by atoms with Gasteiger partial charge < -0.3 is 10.0 Å². The van der Waals surface area contributed by atoms with E-state index in [1.807, 2.05) is 20.8 Å². The molecule has 1 amide bonds. The van der Waals surface area contributed by atoms with Crippen LogP contribution in [0.15, 0.2) is 0 Å². The molecule has 0 aromatic carbocycles. The van der Waals surface area contributed by atoms with Crippen molar-refractivity contribution >= 4 is 11.9 Å². The van der Waals surface area contributed by atoms with Gasteiger partial charge in [0.05, 0.1) is 5.92 Å². The predicted octanol–water partition coefficient (Wildman–Crippen LogP) is 1.35. The van der Waals surface area contributed by atoms with Gasteiger partial charge in [0.2, 0.25) is 5.91 Å². The Morgan fingerprint density at radius 3 is 2.47 bits per heavy atom. The minimum absolute atomic E-state index is 0.0845. The van der Waals surface area contributed by atoms with Crippen molar-refractivity contribution in [1.82, 2.24) is 4.90 Å². The molecule has 0 aliphatic carbocycles. The van der Waals surface area contributed by atoms with Gasteiger partial charge in [-0.25, -0.2) is 0 Å². The average Bonchev–Trinajstić information content (AvgIpc) is 2.45. The van der Waals surface area contributed by atoms with E-state index in [4.69, 9.17) is 5.11 Å². The van der Waals surface area contributed by atoms with Crippen LogP contribution >= 0.6 is 0 Å². The molecule has 2 unspecified atom stereocenters. The molecule has 1 fully saturated rings. The van der Waals surface area contributed by atoms with Crippen molar-refractivity contribution in [2.24, 2.45) is 11.8 Å². The number of aliphatic carboxylic acids is 1. The lowest BCUT2D eigenvalue weighted by Crippen LogP contribution is -2.38. The first kappa shape index (κ1) is 12.0. The number of carboxylic acids is 1. The SMILES string of the molecule is CC(C)CC(=O)N1CCC(C(=O)O)C1C. The van der Waals surface area contributed by atoms with Crippen LogP contribution in [0.5, 0.6) is 0 Å². The lowest BCUT2D eigenvalue weighted by atomic mass is 10.0. The van der Waals surface area contributed by atoms with Crippen LogP contribution in [0.25, 0.3) is 0 Å². The Labute approximate surface area is 90.3 Å². The van der Waals surface area contributed by atoms with Crippen LogP contribution in [-0.2, 0) is 9.59 Å². The Hall–Kier alpha value is -1.06. The number of nitrogens with zero attached hydrogens (tertiary/aromatic N) is 1. The average molecular weight is 213 g/mol. The number of amides is 1. The molecule has 15 heavy (non-hydrogen) atoms. The van der Waals surface area contributed by atoms with E-state index in [0.717, 1.165) is 0 Å². The molecule has 0 radical (unpaired) electrons. The van der Waals surface area contributed by atoms with Gasteiger partial charge in [0.1, 0.15) is 0 Å². The van der Waals surface area contributed by atoms with Gasteiger partial charge >= 0.3 is 5.97 Å². The minimum Gasteiger partial charge on any atom is -0.481 e. The molecule has 1 saturated heterocycles. The number of carboxylic acid groups (broad SMARTS) is 1. The highest BCUT2D eigenvalue weighted by atomic mass is 16.4. The van der Waals surface area contributed by atoms with Gasteiger partial charge in [-0.15, -0.1) is 0 Å². The number of rotatable bonds is 3. The molecule has 1 heterocycles. The van der Waals surface area contributed by atoms with Crippen molar-refractivity contribution in [3.63, 3.8) is 0 Å². The summed E-state index contributed by atoms with van der Waals surface area (Å²) in [6.07, 6.45) is 1.09. The Morgan fingerprint density at radius 1 is 1.47 bits per heavy atom. The van der Waals surface area contributed by atoms with Crippen LogP contribution < -0.4 is 0 Å². The van der Waals surface area contributed by atoms with E-state index in [1.54, 1.807) is 4.90 Å². The summed E-state index contributed by atoms with van der Waals surface area (Å²) in [6, 6.07) is -0.159. The van der Waals surface area contributed by atoms with Gasteiger partial charge in [0, 0.05) is 19.0 Å². The van der Waals surface area contributed by atoms with E-state index in [9.17, 15) is 9.59 Å². The largest absolute Gasteiger partial charge is 0.481 e. The Kier molecular flexibility index (Phi) is 3.72. The monoisotopic (exact) mass is 213 g/mol. The topological polar surface area (TPSA) is 57.6 Å². The molecule has 1 N–H and O–H groups in total. The van der Waals surface area contributed by atoms with E-state index < -0.39 is 5.97 Å². The van der Waals surface area contributed by atoms with Crippen LogP contribution in [0.2, 0.25) is 0 Å². The molecular formula is C11H19NO3.